The molecule has 0 spiro atoms. The molecule has 2 aliphatic carbocycles. The van der Waals surface area contributed by atoms with Gasteiger partial charge in [0.05, 0.1) is 12.2 Å². The Morgan fingerprint density at radius 2 is 1.53 bits per heavy atom. The number of hydrogen-bond donors (Lipinski definition) is 1. The molecule has 2 bridgehead atoms. The number of halogens is 4. The van der Waals surface area contributed by atoms with Gasteiger partial charge in [-0.2, -0.15) is 26.0 Å². The SMILES string of the molecule is CC1(C)OC(=O)C(CC2(C)OC3C4CC(C3O2)C(C(F)(F)C(F)(F)S(=O)(=O)O)C4)C(=O)O1. The highest BCUT2D eigenvalue weighted by Gasteiger charge is 2.75. The molecule has 2 saturated heterocycles. The van der Waals surface area contributed by atoms with Gasteiger partial charge in [-0.25, -0.2) is 0 Å². The maximum Gasteiger partial charge on any atom is 0.431 e. The quantitative estimate of drug-likeness (QED) is 0.267. The van der Waals surface area contributed by atoms with Gasteiger partial charge >= 0.3 is 33.2 Å². The van der Waals surface area contributed by atoms with Crippen LogP contribution in [0.1, 0.15) is 40.0 Å². The summed E-state index contributed by atoms with van der Waals surface area (Å²) < 4.78 is 109. The molecule has 2 heterocycles. The van der Waals surface area contributed by atoms with Crippen LogP contribution in [0.2, 0.25) is 0 Å². The molecule has 2 aliphatic heterocycles. The van der Waals surface area contributed by atoms with Crippen molar-refractivity contribution in [1.29, 1.82) is 0 Å². The largest absolute Gasteiger partial charge is 0.431 e. The molecule has 4 aliphatic rings. The van der Waals surface area contributed by atoms with E-state index in [4.69, 9.17) is 23.5 Å². The molecule has 9 nitrogen and oxygen atoms in total. The minimum absolute atomic E-state index is 0.0366. The topological polar surface area (TPSA) is 125 Å². The summed E-state index contributed by atoms with van der Waals surface area (Å²) in [4.78, 5) is 24.5. The van der Waals surface area contributed by atoms with Gasteiger partial charge in [0, 0.05) is 26.2 Å². The van der Waals surface area contributed by atoms with Crippen LogP contribution in [0.5, 0.6) is 0 Å². The summed E-state index contributed by atoms with van der Waals surface area (Å²) in [5.74, 6) is -15.1. The van der Waals surface area contributed by atoms with E-state index in [1.54, 1.807) is 0 Å². The lowest BCUT2D eigenvalue weighted by atomic mass is 9.81. The predicted octanol–water partition coefficient (Wildman–Crippen LogP) is 2.10. The molecule has 6 atom stereocenters. The second-order valence-electron chi connectivity index (χ2n) is 9.41. The Balaban J connectivity index is 1.51. The highest BCUT2D eigenvalue weighted by atomic mass is 32.2. The Morgan fingerprint density at radius 1 is 1.00 bits per heavy atom. The minimum Gasteiger partial charge on any atom is -0.422 e. The molecule has 0 aromatic heterocycles. The molecule has 0 aromatic carbocycles. The van der Waals surface area contributed by atoms with Gasteiger partial charge in [-0.15, -0.1) is 0 Å². The molecule has 32 heavy (non-hydrogen) atoms. The van der Waals surface area contributed by atoms with Crippen molar-refractivity contribution in [3.8, 4) is 0 Å². The average Bonchev–Trinajstić information content (AvgIpc) is 3.26. The summed E-state index contributed by atoms with van der Waals surface area (Å²) in [6, 6.07) is 0. The average molecular weight is 490 g/mol. The van der Waals surface area contributed by atoms with Crippen molar-refractivity contribution in [2.75, 3.05) is 0 Å². The Labute approximate surface area is 180 Å². The minimum atomic E-state index is -6.36. The molecule has 0 aromatic rings. The van der Waals surface area contributed by atoms with Crippen molar-refractivity contribution in [3.63, 3.8) is 0 Å². The van der Waals surface area contributed by atoms with Gasteiger partial charge in [0.15, 0.2) is 11.7 Å². The maximum atomic E-state index is 14.6. The van der Waals surface area contributed by atoms with Gasteiger partial charge in [0.25, 0.3) is 5.79 Å². The number of carbonyl (C=O) groups is 2. The van der Waals surface area contributed by atoms with Crippen LogP contribution in [0, 0.1) is 23.7 Å². The van der Waals surface area contributed by atoms with Crippen LogP contribution in [0.15, 0.2) is 0 Å². The smallest absolute Gasteiger partial charge is 0.422 e. The number of carbonyl (C=O) groups excluding carboxylic acids is 2. The maximum absolute atomic E-state index is 14.6. The summed E-state index contributed by atoms with van der Waals surface area (Å²) in [6.07, 6.45) is -2.63. The normalized spacial score (nSPS) is 39.7. The molecule has 182 valence electrons. The van der Waals surface area contributed by atoms with Crippen LogP contribution in [-0.4, -0.2) is 59.9 Å². The molecule has 0 radical (unpaired) electrons. The van der Waals surface area contributed by atoms with Crippen molar-refractivity contribution in [2.24, 2.45) is 23.7 Å². The van der Waals surface area contributed by atoms with E-state index in [1.165, 1.54) is 20.8 Å². The molecule has 2 saturated carbocycles. The van der Waals surface area contributed by atoms with E-state index in [2.05, 4.69) is 0 Å². The van der Waals surface area contributed by atoms with Crippen LogP contribution < -0.4 is 0 Å². The monoisotopic (exact) mass is 490 g/mol. The van der Waals surface area contributed by atoms with Crippen molar-refractivity contribution < 1.29 is 59.1 Å². The zero-order valence-electron chi connectivity index (χ0n) is 17.2. The van der Waals surface area contributed by atoms with Crippen molar-refractivity contribution in [2.45, 2.75) is 75.0 Å². The first-order valence-electron chi connectivity index (χ1n) is 9.92. The lowest BCUT2D eigenvalue weighted by Crippen LogP contribution is -2.55. The first-order chi connectivity index (χ1) is 14.4. The highest BCUT2D eigenvalue weighted by Crippen LogP contribution is 2.62. The summed E-state index contributed by atoms with van der Waals surface area (Å²) in [7, 11) is -6.36. The third-order valence-corrected chi connectivity index (χ3v) is 7.56. The molecule has 0 amide bonds. The van der Waals surface area contributed by atoms with E-state index in [1.807, 2.05) is 0 Å². The molecule has 6 unspecified atom stereocenters. The molecule has 4 fully saturated rings. The van der Waals surface area contributed by atoms with Crippen LogP contribution in [0.4, 0.5) is 17.6 Å². The van der Waals surface area contributed by atoms with E-state index in [-0.39, 0.29) is 12.8 Å². The highest BCUT2D eigenvalue weighted by molar-refractivity contribution is 7.87. The third-order valence-electron chi connectivity index (χ3n) is 6.64. The van der Waals surface area contributed by atoms with Gasteiger partial charge in [-0.3, -0.25) is 14.1 Å². The lowest BCUT2D eigenvalue weighted by Gasteiger charge is -2.37. The molecular formula is C18H22F4O9S. The van der Waals surface area contributed by atoms with Crippen molar-refractivity contribution in [3.05, 3.63) is 0 Å². The number of alkyl halides is 4. The number of rotatable bonds is 5. The standard InChI is InChI=1S/C18H22F4O9S/c1-15(2)30-13(23)9(14(24)31-15)6-16(3)28-11-7-4-8(12(11)29-16)10(5-7)17(19,20)18(21,22)32(25,26)27/h7-12H,4-6H2,1-3H3,(H,25,26,27). The van der Waals surface area contributed by atoms with Gasteiger partial charge in [0.2, 0.25) is 0 Å². The lowest BCUT2D eigenvalue weighted by molar-refractivity contribution is -0.250. The Bertz CT molecular complexity index is 932. The first-order valence-corrected chi connectivity index (χ1v) is 11.4. The fourth-order valence-electron chi connectivity index (χ4n) is 5.36. The third kappa shape index (κ3) is 3.41. The van der Waals surface area contributed by atoms with E-state index in [9.17, 15) is 35.6 Å². The van der Waals surface area contributed by atoms with Crippen LogP contribution in [-0.2, 0) is 38.7 Å². The van der Waals surface area contributed by atoms with Gasteiger partial charge in [0.1, 0.15) is 0 Å². The van der Waals surface area contributed by atoms with Gasteiger partial charge in [-0.05, 0) is 31.6 Å². The number of ether oxygens (including phenoxy) is 4. The second kappa shape index (κ2) is 6.76. The van der Waals surface area contributed by atoms with Gasteiger partial charge in [-0.1, -0.05) is 0 Å². The molecular weight excluding hydrogens is 468 g/mol. The summed E-state index contributed by atoms with van der Waals surface area (Å²) in [5.41, 5.74) is 0. The zero-order chi connectivity index (χ0) is 24.1. The van der Waals surface area contributed by atoms with Crippen LogP contribution in [0.3, 0.4) is 0 Å². The van der Waals surface area contributed by atoms with Crippen molar-refractivity contribution in [1.82, 2.24) is 0 Å². The Morgan fingerprint density at radius 3 is 2.06 bits per heavy atom. The van der Waals surface area contributed by atoms with Crippen LogP contribution in [0.25, 0.3) is 0 Å². The number of cyclic esters (lactones) is 2. The summed E-state index contributed by atoms with van der Waals surface area (Å²) in [6.45, 7) is 4.12. The molecule has 14 heteroatoms. The predicted molar refractivity (Wildman–Crippen MR) is 93.7 cm³/mol. The van der Waals surface area contributed by atoms with E-state index in [0.717, 1.165) is 0 Å². The fraction of sp³-hybridized carbons (Fsp3) is 0.889. The van der Waals surface area contributed by atoms with E-state index >= 15 is 0 Å². The number of fused-ring (bicyclic) bond motifs is 5. The zero-order valence-corrected chi connectivity index (χ0v) is 18.0. The first kappa shape index (κ1) is 23.6. The van der Waals surface area contributed by atoms with E-state index in [0.29, 0.717) is 0 Å². The Kier molecular flexibility index (Phi) is 5.00. The van der Waals surface area contributed by atoms with Crippen LogP contribution >= 0.6 is 0 Å². The summed E-state index contributed by atoms with van der Waals surface area (Å²) in [5, 5.41) is -5.67. The fourth-order valence-corrected chi connectivity index (χ4v) is 5.85. The second-order valence-corrected chi connectivity index (χ2v) is 10.9. The molecule has 4 rings (SSSR count). The number of hydrogen-bond acceptors (Lipinski definition) is 8. The van der Waals surface area contributed by atoms with Gasteiger partial charge < -0.3 is 18.9 Å². The Hall–Kier alpha value is -1.51. The van der Waals surface area contributed by atoms with Crippen molar-refractivity contribution >= 4 is 22.1 Å². The van der Waals surface area contributed by atoms with E-state index < -0.39 is 87.1 Å². The number of esters is 2. The molecule has 1 N–H and O–H groups in total. The summed E-state index contributed by atoms with van der Waals surface area (Å²) >= 11 is 0.